The Balaban J connectivity index is 1.32. The molecule has 1 amide bonds. The summed E-state index contributed by atoms with van der Waals surface area (Å²) in [7, 11) is -2.26. The maximum Gasteiger partial charge on any atom is 0.419 e. The van der Waals surface area contributed by atoms with Crippen LogP contribution in [0.1, 0.15) is 38.2 Å². The van der Waals surface area contributed by atoms with Gasteiger partial charge < -0.3 is 14.8 Å². The molecule has 0 bridgehead atoms. The molecule has 0 aromatic carbocycles. The van der Waals surface area contributed by atoms with E-state index < -0.39 is 33.4 Å². The van der Waals surface area contributed by atoms with Crippen molar-refractivity contribution in [1.29, 1.82) is 0 Å². The summed E-state index contributed by atoms with van der Waals surface area (Å²) in [5.74, 6) is 0.349. The lowest BCUT2D eigenvalue weighted by atomic mass is 9.90. The average molecular weight is 673 g/mol. The molecule has 47 heavy (non-hydrogen) atoms. The number of rotatable bonds is 9. The molecule has 0 spiro atoms. The van der Waals surface area contributed by atoms with Crippen LogP contribution in [0.15, 0.2) is 60.3 Å². The van der Waals surface area contributed by atoms with E-state index in [0.29, 0.717) is 43.3 Å². The highest BCUT2D eigenvalue weighted by Crippen LogP contribution is 2.37. The van der Waals surface area contributed by atoms with E-state index in [0.717, 1.165) is 30.3 Å². The van der Waals surface area contributed by atoms with Crippen LogP contribution in [0.4, 0.5) is 29.7 Å². The number of aromatic nitrogens is 6. The molecule has 1 fully saturated rings. The summed E-state index contributed by atoms with van der Waals surface area (Å²) in [5.41, 5.74) is -0.277. The minimum Gasteiger partial charge on any atom is -0.467 e. The minimum atomic E-state index is -4.79. The average Bonchev–Trinajstić information content (AvgIpc) is 3.05. The van der Waals surface area contributed by atoms with Crippen molar-refractivity contribution in [2.24, 2.45) is 0 Å². The van der Waals surface area contributed by atoms with Gasteiger partial charge in [-0.2, -0.15) is 13.2 Å². The van der Waals surface area contributed by atoms with Gasteiger partial charge in [0.05, 0.1) is 24.3 Å². The maximum atomic E-state index is 13.9. The number of nitrogens with one attached hydrogen (secondary N) is 1. The molecule has 0 atom stereocenters. The van der Waals surface area contributed by atoms with Crippen molar-refractivity contribution in [3.8, 4) is 28.4 Å². The summed E-state index contributed by atoms with van der Waals surface area (Å²) in [6.07, 6.45) is 5.39. The molecule has 0 radical (unpaired) electrons. The van der Waals surface area contributed by atoms with Crippen LogP contribution < -0.4 is 15.0 Å². The number of hydrogen-bond acceptors (Lipinski definition) is 12. The predicted octanol–water partition coefficient (Wildman–Crippen LogP) is 5.21. The molecule has 0 saturated heterocycles. The second kappa shape index (κ2) is 13.8. The number of hydrogen-bond donors (Lipinski definition) is 1. The van der Waals surface area contributed by atoms with Crippen LogP contribution in [0.2, 0.25) is 0 Å². The molecule has 1 saturated carbocycles. The molecule has 4 heterocycles. The van der Waals surface area contributed by atoms with Gasteiger partial charge in [0.2, 0.25) is 5.95 Å². The van der Waals surface area contributed by atoms with Crippen LogP contribution in [-0.2, 0) is 20.8 Å². The summed E-state index contributed by atoms with van der Waals surface area (Å²) in [6.45, 7) is 1.88. The van der Waals surface area contributed by atoms with E-state index in [-0.39, 0.29) is 41.1 Å². The largest absolute Gasteiger partial charge is 0.467 e. The van der Waals surface area contributed by atoms with Gasteiger partial charge >= 0.3 is 18.3 Å². The number of pyridine rings is 2. The van der Waals surface area contributed by atoms with E-state index in [1.165, 1.54) is 12.0 Å². The lowest BCUT2D eigenvalue weighted by molar-refractivity contribution is -0.137. The highest BCUT2D eigenvalue weighted by atomic mass is 32.2. The number of sulfone groups is 1. The summed E-state index contributed by atoms with van der Waals surface area (Å²) in [5, 5.41) is 3.10. The van der Waals surface area contributed by atoms with Gasteiger partial charge in [0.25, 0.3) is 0 Å². The topological polar surface area (TPSA) is 162 Å². The zero-order valence-corrected chi connectivity index (χ0v) is 26.4. The van der Waals surface area contributed by atoms with Gasteiger partial charge in [-0.1, -0.05) is 0 Å². The van der Waals surface area contributed by atoms with Crippen molar-refractivity contribution in [3.05, 3.63) is 60.9 Å². The molecule has 1 N–H and O–H groups in total. The fourth-order valence-electron chi connectivity index (χ4n) is 5.18. The van der Waals surface area contributed by atoms with Gasteiger partial charge in [0, 0.05) is 72.2 Å². The Kier molecular flexibility index (Phi) is 9.83. The summed E-state index contributed by atoms with van der Waals surface area (Å²) in [4.78, 5) is 38.9. The Hall–Kier alpha value is -4.93. The fraction of sp³-hybridized carbons (Fsp3) is 0.367. The second-order valence-electron chi connectivity index (χ2n) is 10.7. The second-order valence-corrected chi connectivity index (χ2v) is 12.7. The number of alkyl halides is 3. The van der Waals surface area contributed by atoms with Gasteiger partial charge in [-0.25, -0.2) is 38.1 Å². The smallest absolute Gasteiger partial charge is 0.419 e. The molecule has 5 rings (SSSR count). The number of methoxy groups -OCH3 is 1. The van der Waals surface area contributed by atoms with Crippen LogP contribution in [0.5, 0.6) is 6.01 Å². The third-order valence-corrected chi connectivity index (χ3v) is 8.59. The van der Waals surface area contributed by atoms with Crippen LogP contribution in [0, 0.1) is 0 Å². The summed E-state index contributed by atoms with van der Waals surface area (Å²) < 4.78 is 76.0. The third-order valence-electron chi connectivity index (χ3n) is 7.51. The Bertz CT molecular complexity index is 1820. The van der Waals surface area contributed by atoms with Crippen molar-refractivity contribution < 1.29 is 35.9 Å². The molecule has 4 aromatic heterocycles. The molecule has 13 nitrogen and oxygen atoms in total. The Morgan fingerprint density at radius 3 is 2.26 bits per heavy atom. The first-order valence-electron chi connectivity index (χ1n) is 14.5. The van der Waals surface area contributed by atoms with Crippen molar-refractivity contribution >= 4 is 27.7 Å². The first-order valence-corrected chi connectivity index (χ1v) is 16.4. The molecule has 248 valence electrons. The highest BCUT2D eigenvalue weighted by Gasteiger charge is 2.36. The van der Waals surface area contributed by atoms with Gasteiger partial charge in [-0.15, -0.1) is 0 Å². The molecule has 0 unspecified atom stereocenters. The number of nitrogens with zero attached hydrogens (tertiary/aromatic N) is 7. The molecule has 0 aliphatic heterocycles. The van der Waals surface area contributed by atoms with Crippen molar-refractivity contribution in [1.82, 2.24) is 29.9 Å². The first kappa shape index (κ1) is 33.4. The lowest BCUT2D eigenvalue weighted by Crippen LogP contribution is -2.45. The Morgan fingerprint density at radius 1 is 0.957 bits per heavy atom. The van der Waals surface area contributed by atoms with Gasteiger partial charge in [-0.3, -0.25) is 9.88 Å². The van der Waals surface area contributed by atoms with Gasteiger partial charge in [0.15, 0.2) is 9.84 Å². The van der Waals surface area contributed by atoms with E-state index >= 15 is 0 Å². The molecule has 17 heteroatoms. The number of carbonyl (C=O) groups excluding carboxylic acids is 1. The van der Waals surface area contributed by atoms with Crippen molar-refractivity contribution in [3.63, 3.8) is 0 Å². The third kappa shape index (κ3) is 7.90. The normalized spacial score (nSPS) is 16.7. The van der Waals surface area contributed by atoms with E-state index in [1.807, 2.05) is 0 Å². The summed E-state index contributed by atoms with van der Waals surface area (Å²) in [6, 6.07) is 4.37. The predicted molar refractivity (Wildman–Crippen MR) is 164 cm³/mol. The minimum absolute atomic E-state index is 0.0526. The Morgan fingerprint density at radius 2 is 1.66 bits per heavy atom. The molecule has 1 aliphatic carbocycles. The van der Waals surface area contributed by atoms with Crippen molar-refractivity contribution in [2.45, 2.75) is 55.8 Å². The zero-order valence-electron chi connectivity index (χ0n) is 25.6. The van der Waals surface area contributed by atoms with Crippen LogP contribution in [0.25, 0.3) is 22.4 Å². The molecule has 4 aromatic rings. The number of amides is 1. The maximum absolute atomic E-state index is 13.9. The number of anilines is 2. The standard InChI is InChI=1S/C30H31F3N8O5S/c1-4-46-29(42)41(25-10-5-18(13-35-25)20-14-37-28(45-2)38-15-20)22-8-6-21(7-9-22)39-27-36-17-24(30(31,32)33)26(40-27)19-11-23(16-34-12-19)47(3,43)44/h5,10-17,21-22H,4,6-9H2,1-3H3,(H,36,39,40). The monoisotopic (exact) mass is 672 g/mol. The zero-order chi connectivity index (χ0) is 33.8. The summed E-state index contributed by atoms with van der Waals surface area (Å²) >= 11 is 0. The number of carbonyl (C=O) groups is 1. The van der Waals surface area contributed by atoms with E-state index in [1.54, 1.807) is 37.6 Å². The number of halogens is 3. The Labute approximate surface area is 268 Å². The van der Waals surface area contributed by atoms with E-state index in [4.69, 9.17) is 9.47 Å². The SMILES string of the molecule is CCOC(=O)N(c1ccc(-c2cnc(OC)nc2)cn1)C1CCC(Nc2ncc(C(F)(F)F)c(-c3cncc(S(C)(=O)=O)c3)n2)CC1. The van der Waals surface area contributed by atoms with Crippen LogP contribution in [-0.4, -0.2) is 76.5 Å². The van der Waals surface area contributed by atoms with Gasteiger partial charge in [0.1, 0.15) is 11.4 Å². The molecule has 1 aliphatic rings. The van der Waals surface area contributed by atoms with E-state index in [9.17, 15) is 26.4 Å². The molecular weight excluding hydrogens is 641 g/mol. The number of ether oxygens (including phenoxy) is 2. The highest BCUT2D eigenvalue weighted by molar-refractivity contribution is 7.90. The van der Waals surface area contributed by atoms with E-state index in [2.05, 4.69) is 35.2 Å². The lowest BCUT2D eigenvalue weighted by Gasteiger charge is -2.35. The molecular formula is C30H31F3N8O5S. The fourth-order valence-corrected chi connectivity index (χ4v) is 5.78. The first-order chi connectivity index (χ1) is 22.4. The van der Waals surface area contributed by atoms with Crippen LogP contribution >= 0.6 is 0 Å². The van der Waals surface area contributed by atoms with Gasteiger partial charge in [-0.05, 0) is 50.8 Å². The quantitative estimate of drug-likeness (QED) is 0.248. The van der Waals surface area contributed by atoms with Crippen LogP contribution in [0.3, 0.4) is 0 Å². The van der Waals surface area contributed by atoms with Crippen molar-refractivity contribution in [2.75, 3.05) is 30.2 Å².